The molecule has 2 rings (SSSR count). The average Bonchev–Trinajstić information content (AvgIpc) is 2.44. The van der Waals surface area contributed by atoms with Crippen molar-refractivity contribution < 1.29 is 4.74 Å². The molecule has 0 saturated heterocycles. The van der Waals surface area contributed by atoms with Crippen molar-refractivity contribution in [2.24, 2.45) is 0 Å². The van der Waals surface area contributed by atoms with Crippen LogP contribution < -0.4 is 10.1 Å². The number of rotatable bonds is 5. The number of ether oxygens (including phenoxy) is 1. The second-order valence-electron chi connectivity index (χ2n) is 5.81. The summed E-state index contributed by atoms with van der Waals surface area (Å²) in [6, 6.07) is 12.3. The first-order valence-electron chi connectivity index (χ1n) is 7.12. The van der Waals surface area contributed by atoms with E-state index in [0.717, 1.165) is 16.6 Å². The lowest BCUT2D eigenvalue weighted by Crippen LogP contribution is -2.49. The summed E-state index contributed by atoms with van der Waals surface area (Å²) in [5.41, 5.74) is 1.06. The summed E-state index contributed by atoms with van der Waals surface area (Å²) in [5, 5.41) is 13.6. The summed E-state index contributed by atoms with van der Waals surface area (Å²) in [6.07, 6.45) is 0. The molecule has 0 bridgehead atoms. The summed E-state index contributed by atoms with van der Waals surface area (Å²) in [7, 11) is 0. The fraction of sp³-hybridized carbons (Fsp3) is 0.412. The SMILES string of the molecule is Cc1ccc2cccc(OCC(C)(C#N)NC(C)C)c2n1. The van der Waals surface area contributed by atoms with Gasteiger partial charge in [-0.05, 0) is 39.8 Å². The fourth-order valence-electron chi connectivity index (χ4n) is 2.30. The van der Waals surface area contributed by atoms with Crippen molar-refractivity contribution in [1.29, 1.82) is 5.26 Å². The molecule has 0 spiro atoms. The quantitative estimate of drug-likeness (QED) is 0.915. The van der Waals surface area contributed by atoms with Crippen LogP contribution in [0.15, 0.2) is 30.3 Å². The van der Waals surface area contributed by atoms with E-state index in [4.69, 9.17) is 4.74 Å². The van der Waals surface area contributed by atoms with Gasteiger partial charge < -0.3 is 4.74 Å². The van der Waals surface area contributed by atoms with E-state index in [-0.39, 0.29) is 12.6 Å². The molecular weight excluding hydrogens is 262 g/mol. The van der Waals surface area contributed by atoms with Gasteiger partial charge in [-0.15, -0.1) is 0 Å². The van der Waals surface area contributed by atoms with Gasteiger partial charge in [-0.3, -0.25) is 5.32 Å². The second-order valence-corrected chi connectivity index (χ2v) is 5.81. The number of nitrogens with one attached hydrogen (secondary N) is 1. The molecule has 0 aliphatic heterocycles. The Morgan fingerprint density at radius 3 is 2.76 bits per heavy atom. The van der Waals surface area contributed by atoms with Crippen molar-refractivity contribution in [3.63, 3.8) is 0 Å². The molecule has 1 heterocycles. The first-order valence-corrected chi connectivity index (χ1v) is 7.12. The Labute approximate surface area is 125 Å². The van der Waals surface area contributed by atoms with Gasteiger partial charge in [-0.25, -0.2) is 4.98 Å². The third-order valence-electron chi connectivity index (χ3n) is 3.19. The van der Waals surface area contributed by atoms with E-state index < -0.39 is 5.54 Å². The van der Waals surface area contributed by atoms with Crippen molar-refractivity contribution >= 4 is 10.9 Å². The van der Waals surface area contributed by atoms with Crippen molar-refractivity contribution in [2.75, 3.05) is 6.61 Å². The minimum absolute atomic E-state index is 0.214. The minimum atomic E-state index is -0.722. The summed E-state index contributed by atoms with van der Waals surface area (Å²) in [5.74, 6) is 0.711. The molecule has 1 atom stereocenters. The summed E-state index contributed by atoms with van der Waals surface area (Å²) < 4.78 is 5.88. The van der Waals surface area contributed by atoms with Gasteiger partial charge in [0.15, 0.2) is 0 Å². The topological polar surface area (TPSA) is 57.9 Å². The standard InChI is InChI=1S/C17H21N3O/c1-12(2)20-17(4,10-18)11-21-15-7-5-6-14-9-8-13(3)19-16(14)15/h5-9,12,20H,11H2,1-4H3. The Balaban J connectivity index is 2.24. The first kappa shape index (κ1) is 15.3. The van der Waals surface area contributed by atoms with E-state index in [1.165, 1.54) is 0 Å². The van der Waals surface area contributed by atoms with Gasteiger partial charge in [0.25, 0.3) is 0 Å². The molecule has 0 radical (unpaired) electrons. The number of para-hydroxylation sites is 1. The van der Waals surface area contributed by atoms with E-state index in [2.05, 4.69) is 16.4 Å². The van der Waals surface area contributed by atoms with Crippen LogP contribution >= 0.6 is 0 Å². The zero-order chi connectivity index (χ0) is 15.5. The van der Waals surface area contributed by atoms with E-state index in [0.29, 0.717) is 5.75 Å². The van der Waals surface area contributed by atoms with E-state index in [9.17, 15) is 5.26 Å². The lowest BCUT2D eigenvalue weighted by Gasteiger charge is -2.26. The van der Waals surface area contributed by atoms with Gasteiger partial charge in [0.1, 0.15) is 23.4 Å². The smallest absolute Gasteiger partial charge is 0.145 e. The molecule has 0 aliphatic carbocycles. The Kier molecular flexibility index (Phi) is 4.44. The fourth-order valence-corrected chi connectivity index (χ4v) is 2.30. The summed E-state index contributed by atoms with van der Waals surface area (Å²) >= 11 is 0. The largest absolute Gasteiger partial charge is 0.488 e. The molecule has 1 N–H and O–H groups in total. The van der Waals surface area contributed by atoms with Gasteiger partial charge in [0.05, 0.1) is 6.07 Å². The Hall–Kier alpha value is -2.12. The molecule has 4 heteroatoms. The highest BCUT2D eigenvalue weighted by atomic mass is 16.5. The highest BCUT2D eigenvalue weighted by molar-refractivity contribution is 5.84. The number of nitrogens with zero attached hydrogens (tertiary/aromatic N) is 2. The van der Waals surface area contributed by atoms with Crippen LogP contribution in [-0.4, -0.2) is 23.2 Å². The summed E-state index contributed by atoms with van der Waals surface area (Å²) in [4.78, 5) is 4.53. The lowest BCUT2D eigenvalue weighted by atomic mass is 10.1. The van der Waals surface area contributed by atoms with Crippen LogP contribution in [-0.2, 0) is 0 Å². The van der Waals surface area contributed by atoms with Gasteiger partial charge in [0.2, 0.25) is 0 Å². The molecule has 0 saturated carbocycles. The van der Waals surface area contributed by atoms with Crippen LogP contribution in [0.5, 0.6) is 5.75 Å². The van der Waals surface area contributed by atoms with E-state index in [1.54, 1.807) is 0 Å². The Morgan fingerprint density at radius 1 is 1.33 bits per heavy atom. The number of hydrogen-bond donors (Lipinski definition) is 1. The van der Waals surface area contributed by atoms with Gasteiger partial charge >= 0.3 is 0 Å². The molecule has 1 aromatic heterocycles. The molecule has 1 unspecified atom stereocenters. The number of pyridine rings is 1. The molecule has 0 aliphatic rings. The van der Waals surface area contributed by atoms with Gasteiger partial charge in [0, 0.05) is 17.1 Å². The third kappa shape index (κ3) is 3.71. The van der Waals surface area contributed by atoms with Crippen LogP contribution in [0.2, 0.25) is 0 Å². The van der Waals surface area contributed by atoms with Gasteiger partial charge in [-0.1, -0.05) is 18.2 Å². The first-order chi connectivity index (χ1) is 9.93. The lowest BCUT2D eigenvalue weighted by molar-refractivity contribution is 0.227. The maximum atomic E-state index is 9.36. The highest BCUT2D eigenvalue weighted by Gasteiger charge is 2.25. The molecule has 110 valence electrons. The van der Waals surface area contributed by atoms with Crippen molar-refractivity contribution in [3.8, 4) is 11.8 Å². The molecule has 21 heavy (non-hydrogen) atoms. The maximum absolute atomic E-state index is 9.36. The van der Waals surface area contributed by atoms with Crippen LogP contribution in [0.1, 0.15) is 26.5 Å². The van der Waals surface area contributed by atoms with Crippen molar-refractivity contribution in [2.45, 2.75) is 39.3 Å². The third-order valence-corrected chi connectivity index (χ3v) is 3.19. The average molecular weight is 283 g/mol. The highest BCUT2D eigenvalue weighted by Crippen LogP contribution is 2.24. The second kappa shape index (κ2) is 6.11. The van der Waals surface area contributed by atoms with Crippen LogP contribution in [0.4, 0.5) is 0 Å². The number of aryl methyl sites for hydroxylation is 1. The Morgan fingerprint density at radius 2 is 2.10 bits per heavy atom. The van der Waals surface area contributed by atoms with E-state index in [1.807, 2.05) is 58.0 Å². The molecule has 0 fully saturated rings. The summed E-state index contributed by atoms with van der Waals surface area (Å²) in [6.45, 7) is 8.10. The molecule has 2 aromatic rings. The molecule has 4 nitrogen and oxygen atoms in total. The zero-order valence-electron chi connectivity index (χ0n) is 13.0. The molecule has 0 amide bonds. The number of fused-ring (bicyclic) bond motifs is 1. The molecular formula is C17H21N3O. The van der Waals surface area contributed by atoms with Crippen molar-refractivity contribution in [3.05, 3.63) is 36.0 Å². The predicted molar refractivity (Wildman–Crippen MR) is 84.3 cm³/mol. The maximum Gasteiger partial charge on any atom is 0.145 e. The van der Waals surface area contributed by atoms with Crippen LogP contribution in [0.25, 0.3) is 10.9 Å². The van der Waals surface area contributed by atoms with E-state index >= 15 is 0 Å². The Bertz CT molecular complexity index is 675. The number of nitriles is 1. The monoisotopic (exact) mass is 283 g/mol. The number of benzene rings is 1. The van der Waals surface area contributed by atoms with Gasteiger partial charge in [-0.2, -0.15) is 5.26 Å². The number of aromatic nitrogens is 1. The normalized spacial score (nSPS) is 13.9. The van der Waals surface area contributed by atoms with Crippen LogP contribution in [0.3, 0.4) is 0 Å². The predicted octanol–water partition coefficient (Wildman–Crippen LogP) is 3.20. The van der Waals surface area contributed by atoms with Crippen molar-refractivity contribution in [1.82, 2.24) is 10.3 Å². The van der Waals surface area contributed by atoms with Crippen LogP contribution in [0, 0.1) is 18.3 Å². The minimum Gasteiger partial charge on any atom is -0.488 e. The molecule has 1 aromatic carbocycles. The zero-order valence-corrected chi connectivity index (χ0v) is 13.0. The number of hydrogen-bond acceptors (Lipinski definition) is 4.